The van der Waals surface area contributed by atoms with Crippen LogP contribution in [0.2, 0.25) is 0 Å². The van der Waals surface area contributed by atoms with Crippen LogP contribution in [0.5, 0.6) is 0 Å². The molecule has 52 valence electrons. The first kappa shape index (κ1) is 5.69. The Morgan fingerprint density at radius 3 is 2.44 bits per heavy atom. The van der Waals surface area contributed by atoms with Gasteiger partial charge in [-0.3, -0.25) is 0 Å². The van der Waals surface area contributed by atoms with Gasteiger partial charge in [0, 0.05) is 11.6 Å². The Labute approximate surface area is 55.8 Å². The summed E-state index contributed by atoms with van der Waals surface area (Å²) in [4.78, 5) is 0. The maximum atomic E-state index is 5.78. The molecule has 1 aliphatic heterocycles. The molecule has 1 spiro atoms. The normalized spacial score (nSPS) is 49.7. The smallest absolute Gasteiger partial charge is 0.0208 e. The number of nitrogens with one attached hydrogen (secondary N) is 1. The van der Waals surface area contributed by atoms with Crippen molar-refractivity contribution >= 4 is 0 Å². The summed E-state index contributed by atoms with van der Waals surface area (Å²) in [6.07, 6.45) is 5.12. The fourth-order valence-electron chi connectivity index (χ4n) is 2.03. The van der Waals surface area contributed by atoms with Crippen LogP contribution in [-0.4, -0.2) is 18.1 Å². The van der Waals surface area contributed by atoms with Crippen LogP contribution in [0.15, 0.2) is 0 Å². The van der Waals surface area contributed by atoms with Crippen LogP contribution in [0.25, 0.3) is 0 Å². The van der Waals surface area contributed by atoms with E-state index < -0.39 is 0 Å². The van der Waals surface area contributed by atoms with Crippen molar-refractivity contribution in [1.82, 2.24) is 5.32 Å². The third kappa shape index (κ3) is 0.775. The monoisotopic (exact) mass is 126 g/mol. The van der Waals surface area contributed by atoms with E-state index in [0.717, 1.165) is 0 Å². The van der Waals surface area contributed by atoms with Crippen molar-refractivity contribution in [3.8, 4) is 0 Å². The lowest BCUT2D eigenvalue weighted by Crippen LogP contribution is -2.55. The summed E-state index contributed by atoms with van der Waals surface area (Å²) >= 11 is 0. The molecular formula is C7H14N2. The Kier molecular flexibility index (Phi) is 1.08. The van der Waals surface area contributed by atoms with Gasteiger partial charge in [0.2, 0.25) is 0 Å². The number of hydrogen-bond donors (Lipinski definition) is 2. The Balaban J connectivity index is 1.99. The minimum Gasteiger partial charge on any atom is -0.328 e. The van der Waals surface area contributed by atoms with Crippen molar-refractivity contribution < 1.29 is 0 Å². The van der Waals surface area contributed by atoms with E-state index in [9.17, 15) is 0 Å². The molecule has 1 saturated carbocycles. The molecule has 2 atom stereocenters. The highest BCUT2D eigenvalue weighted by molar-refractivity contribution is 5.03. The molecule has 0 amide bonds. The van der Waals surface area contributed by atoms with Crippen LogP contribution in [0.4, 0.5) is 0 Å². The molecule has 1 saturated heterocycles. The fraction of sp³-hybridized carbons (Fsp3) is 1.00. The van der Waals surface area contributed by atoms with Crippen molar-refractivity contribution in [2.24, 2.45) is 5.73 Å². The van der Waals surface area contributed by atoms with Crippen molar-refractivity contribution in [1.29, 1.82) is 0 Å². The van der Waals surface area contributed by atoms with Crippen molar-refractivity contribution in [3.05, 3.63) is 0 Å². The van der Waals surface area contributed by atoms with Gasteiger partial charge in [-0.2, -0.15) is 0 Å². The third-order valence-electron chi connectivity index (χ3n) is 2.75. The first-order chi connectivity index (χ1) is 4.31. The van der Waals surface area contributed by atoms with Crippen LogP contribution >= 0.6 is 0 Å². The van der Waals surface area contributed by atoms with Gasteiger partial charge in [0.1, 0.15) is 0 Å². The minimum absolute atomic E-state index is 0.484. The molecule has 0 radical (unpaired) electrons. The van der Waals surface area contributed by atoms with E-state index in [4.69, 9.17) is 5.73 Å². The molecule has 2 rings (SSSR count). The van der Waals surface area contributed by atoms with Gasteiger partial charge in [0.05, 0.1) is 0 Å². The first-order valence-electron chi connectivity index (χ1n) is 3.81. The molecule has 0 bridgehead atoms. The zero-order valence-corrected chi connectivity index (χ0v) is 5.69. The Bertz CT molecular complexity index is 118. The van der Waals surface area contributed by atoms with Gasteiger partial charge in [-0.15, -0.1) is 0 Å². The van der Waals surface area contributed by atoms with E-state index >= 15 is 0 Å². The van der Waals surface area contributed by atoms with Crippen LogP contribution in [0.3, 0.4) is 0 Å². The second-order valence-electron chi connectivity index (χ2n) is 3.46. The van der Waals surface area contributed by atoms with E-state index in [1.165, 1.54) is 32.2 Å². The van der Waals surface area contributed by atoms with Crippen molar-refractivity contribution in [3.63, 3.8) is 0 Å². The second kappa shape index (κ2) is 1.70. The maximum Gasteiger partial charge on any atom is 0.0208 e. The molecule has 2 nitrogen and oxygen atoms in total. The SMILES string of the molecule is N[C@H]1CC[C@@]2(CCN2)C1. The summed E-state index contributed by atoms with van der Waals surface area (Å²) in [5.41, 5.74) is 6.29. The van der Waals surface area contributed by atoms with E-state index in [0.29, 0.717) is 11.6 Å². The lowest BCUT2D eigenvalue weighted by molar-refractivity contribution is 0.212. The van der Waals surface area contributed by atoms with Crippen molar-refractivity contribution in [2.45, 2.75) is 37.3 Å². The van der Waals surface area contributed by atoms with E-state index in [1.807, 2.05) is 0 Å². The van der Waals surface area contributed by atoms with Crippen LogP contribution in [-0.2, 0) is 0 Å². The Morgan fingerprint density at radius 2 is 2.22 bits per heavy atom. The van der Waals surface area contributed by atoms with Gasteiger partial charge in [-0.05, 0) is 32.2 Å². The number of rotatable bonds is 0. The lowest BCUT2D eigenvalue weighted by atomic mass is 9.86. The van der Waals surface area contributed by atoms with Crippen LogP contribution in [0.1, 0.15) is 25.7 Å². The minimum atomic E-state index is 0.484. The Morgan fingerprint density at radius 1 is 1.44 bits per heavy atom. The molecule has 9 heavy (non-hydrogen) atoms. The van der Waals surface area contributed by atoms with Gasteiger partial charge in [0.15, 0.2) is 0 Å². The van der Waals surface area contributed by atoms with Crippen molar-refractivity contribution in [2.75, 3.05) is 6.54 Å². The molecule has 2 fully saturated rings. The molecule has 0 unspecified atom stereocenters. The first-order valence-corrected chi connectivity index (χ1v) is 3.81. The quantitative estimate of drug-likeness (QED) is 0.487. The molecule has 1 heterocycles. The maximum absolute atomic E-state index is 5.78. The second-order valence-corrected chi connectivity index (χ2v) is 3.46. The predicted molar refractivity (Wildman–Crippen MR) is 37.2 cm³/mol. The molecule has 2 heteroatoms. The summed E-state index contributed by atoms with van der Waals surface area (Å²) < 4.78 is 0. The number of nitrogens with two attached hydrogens (primary N) is 1. The highest BCUT2D eigenvalue weighted by Gasteiger charge is 2.41. The summed E-state index contributed by atoms with van der Waals surface area (Å²) in [5, 5.41) is 3.47. The van der Waals surface area contributed by atoms with Gasteiger partial charge in [-0.1, -0.05) is 0 Å². The molecule has 0 aromatic rings. The number of hydrogen-bond acceptors (Lipinski definition) is 2. The molecule has 3 N–H and O–H groups in total. The van der Waals surface area contributed by atoms with Gasteiger partial charge >= 0.3 is 0 Å². The van der Waals surface area contributed by atoms with Gasteiger partial charge < -0.3 is 11.1 Å². The topological polar surface area (TPSA) is 38.0 Å². The zero-order chi connectivity index (χ0) is 6.32. The summed E-state index contributed by atoms with van der Waals surface area (Å²) in [5.74, 6) is 0. The average molecular weight is 126 g/mol. The standard InChI is InChI=1S/C7H14N2/c8-6-1-2-7(5-6)3-4-9-7/h6,9H,1-5,8H2/t6-,7+/m0/s1. The predicted octanol–water partition coefficient (Wildman–Crippen LogP) is 0.230. The fourth-order valence-corrected chi connectivity index (χ4v) is 2.03. The Hall–Kier alpha value is -0.0800. The van der Waals surface area contributed by atoms with Gasteiger partial charge in [-0.25, -0.2) is 0 Å². The lowest BCUT2D eigenvalue weighted by Gasteiger charge is -2.40. The van der Waals surface area contributed by atoms with Crippen LogP contribution < -0.4 is 11.1 Å². The zero-order valence-electron chi connectivity index (χ0n) is 5.69. The van der Waals surface area contributed by atoms with E-state index in [1.54, 1.807) is 0 Å². The molecule has 0 aromatic heterocycles. The molecule has 2 aliphatic rings. The van der Waals surface area contributed by atoms with Crippen LogP contribution in [0, 0.1) is 0 Å². The summed E-state index contributed by atoms with van der Waals surface area (Å²) in [7, 11) is 0. The highest BCUT2D eigenvalue weighted by Crippen LogP contribution is 2.36. The molecule has 0 aromatic carbocycles. The molecule has 1 aliphatic carbocycles. The van der Waals surface area contributed by atoms with E-state index in [2.05, 4.69) is 5.32 Å². The highest BCUT2D eigenvalue weighted by atomic mass is 15.1. The largest absolute Gasteiger partial charge is 0.328 e. The summed E-state index contributed by atoms with van der Waals surface area (Å²) in [6.45, 7) is 1.21. The average Bonchev–Trinajstić information content (AvgIpc) is 2.09. The third-order valence-corrected chi connectivity index (χ3v) is 2.75. The molecular weight excluding hydrogens is 112 g/mol. The van der Waals surface area contributed by atoms with Gasteiger partial charge in [0.25, 0.3) is 0 Å². The van der Waals surface area contributed by atoms with E-state index in [-0.39, 0.29) is 0 Å². The summed E-state index contributed by atoms with van der Waals surface area (Å²) in [6, 6.07) is 0.484.